The van der Waals surface area contributed by atoms with Crippen molar-refractivity contribution in [1.29, 1.82) is 0 Å². The second kappa shape index (κ2) is 7.34. The van der Waals surface area contributed by atoms with Gasteiger partial charge in [-0.1, -0.05) is 6.92 Å². The topological polar surface area (TPSA) is 43.4 Å². The summed E-state index contributed by atoms with van der Waals surface area (Å²) in [4.78, 5) is 4.31. The number of hydrogen-bond acceptors (Lipinski definition) is 4. The van der Waals surface area contributed by atoms with Crippen molar-refractivity contribution in [1.82, 2.24) is 10.3 Å². The quantitative estimate of drug-likeness (QED) is 0.838. The van der Waals surface area contributed by atoms with Crippen LogP contribution in [0.15, 0.2) is 18.3 Å². The van der Waals surface area contributed by atoms with Crippen LogP contribution < -0.4 is 10.1 Å². The molecule has 0 spiro atoms. The van der Waals surface area contributed by atoms with Gasteiger partial charge in [0.1, 0.15) is 5.75 Å². The highest BCUT2D eigenvalue weighted by Gasteiger charge is 2.14. The average Bonchev–Trinajstić information content (AvgIpc) is 2.44. The molecule has 0 atom stereocenters. The van der Waals surface area contributed by atoms with Gasteiger partial charge in [0.2, 0.25) is 0 Å². The Labute approximate surface area is 109 Å². The van der Waals surface area contributed by atoms with E-state index in [-0.39, 0.29) is 0 Å². The highest BCUT2D eigenvalue weighted by molar-refractivity contribution is 5.22. The molecule has 1 aliphatic rings. The van der Waals surface area contributed by atoms with Gasteiger partial charge in [-0.25, -0.2) is 0 Å². The Morgan fingerprint density at radius 2 is 2.28 bits per heavy atom. The smallest absolute Gasteiger partial charge is 0.122 e. The number of pyridine rings is 1. The molecule has 0 radical (unpaired) electrons. The van der Waals surface area contributed by atoms with Crippen LogP contribution in [0.1, 0.15) is 25.5 Å². The molecule has 0 bridgehead atoms. The number of nitrogens with one attached hydrogen (secondary N) is 1. The lowest BCUT2D eigenvalue weighted by atomic mass is 10.0. The van der Waals surface area contributed by atoms with Crippen molar-refractivity contribution < 1.29 is 9.47 Å². The Hall–Kier alpha value is -1.13. The maximum absolute atomic E-state index is 5.84. The number of aromatic nitrogens is 1. The first-order chi connectivity index (χ1) is 8.88. The highest BCUT2D eigenvalue weighted by Crippen LogP contribution is 2.18. The van der Waals surface area contributed by atoms with E-state index in [0.29, 0.717) is 5.92 Å². The van der Waals surface area contributed by atoms with Crippen LogP contribution in [-0.2, 0) is 11.3 Å². The predicted octanol–water partition coefficient (Wildman–Crippen LogP) is 2.00. The molecule has 4 heteroatoms. The summed E-state index contributed by atoms with van der Waals surface area (Å²) in [5.74, 6) is 1.55. The normalized spacial score (nSPS) is 16.7. The fourth-order valence-electron chi connectivity index (χ4n) is 2.02. The van der Waals surface area contributed by atoms with E-state index in [1.165, 1.54) is 0 Å². The fourth-order valence-corrected chi connectivity index (χ4v) is 2.02. The Morgan fingerprint density at radius 3 is 3.06 bits per heavy atom. The molecule has 0 unspecified atom stereocenters. The monoisotopic (exact) mass is 250 g/mol. The molecule has 0 aromatic carbocycles. The Morgan fingerprint density at radius 1 is 1.44 bits per heavy atom. The molecule has 18 heavy (non-hydrogen) atoms. The lowest BCUT2D eigenvalue weighted by Gasteiger charge is -2.22. The van der Waals surface area contributed by atoms with Gasteiger partial charge in [-0.05, 0) is 31.4 Å². The minimum Gasteiger partial charge on any atom is -0.493 e. The lowest BCUT2D eigenvalue weighted by Crippen LogP contribution is -2.21. The van der Waals surface area contributed by atoms with Gasteiger partial charge in [-0.2, -0.15) is 0 Å². The molecule has 2 heterocycles. The van der Waals surface area contributed by atoms with Crippen molar-refractivity contribution in [2.45, 2.75) is 26.3 Å². The summed E-state index contributed by atoms with van der Waals surface area (Å²) in [5.41, 5.74) is 1.03. The van der Waals surface area contributed by atoms with Crippen molar-refractivity contribution in [3.8, 4) is 5.75 Å². The van der Waals surface area contributed by atoms with E-state index in [1.54, 1.807) is 0 Å². The van der Waals surface area contributed by atoms with Gasteiger partial charge < -0.3 is 14.8 Å². The van der Waals surface area contributed by atoms with Crippen molar-refractivity contribution in [2.75, 3.05) is 26.4 Å². The predicted molar refractivity (Wildman–Crippen MR) is 70.7 cm³/mol. The van der Waals surface area contributed by atoms with Crippen LogP contribution in [0.25, 0.3) is 0 Å². The van der Waals surface area contributed by atoms with E-state index in [0.717, 1.165) is 57.2 Å². The molecule has 4 nitrogen and oxygen atoms in total. The van der Waals surface area contributed by atoms with Crippen LogP contribution in [0.3, 0.4) is 0 Å². The SMILES string of the molecule is CCNCc1cc(OCC2CCOCC2)ccn1. The summed E-state index contributed by atoms with van der Waals surface area (Å²) >= 11 is 0. The van der Waals surface area contributed by atoms with E-state index < -0.39 is 0 Å². The van der Waals surface area contributed by atoms with Gasteiger partial charge in [0.25, 0.3) is 0 Å². The maximum Gasteiger partial charge on any atom is 0.122 e. The first-order valence-corrected chi connectivity index (χ1v) is 6.74. The van der Waals surface area contributed by atoms with Crippen LogP contribution in [0.2, 0.25) is 0 Å². The largest absolute Gasteiger partial charge is 0.493 e. The minimum absolute atomic E-state index is 0.629. The molecular formula is C14H22N2O2. The lowest BCUT2D eigenvalue weighted by molar-refractivity contribution is 0.0497. The fraction of sp³-hybridized carbons (Fsp3) is 0.643. The minimum atomic E-state index is 0.629. The highest BCUT2D eigenvalue weighted by atomic mass is 16.5. The standard InChI is InChI=1S/C14H22N2O2/c1-2-15-10-13-9-14(3-6-16-13)18-11-12-4-7-17-8-5-12/h3,6,9,12,15H,2,4-5,7-8,10-11H2,1H3. The molecule has 1 saturated heterocycles. The maximum atomic E-state index is 5.84. The molecule has 1 aromatic heterocycles. The third kappa shape index (κ3) is 4.27. The van der Waals surface area contributed by atoms with Crippen LogP contribution >= 0.6 is 0 Å². The zero-order chi connectivity index (χ0) is 12.6. The number of hydrogen-bond donors (Lipinski definition) is 1. The molecule has 1 fully saturated rings. The van der Waals surface area contributed by atoms with Crippen LogP contribution in [0, 0.1) is 5.92 Å². The van der Waals surface area contributed by atoms with Gasteiger partial charge in [-0.15, -0.1) is 0 Å². The molecule has 0 saturated carbocycles. The summed E-state index contributed by atoms with van der Waals surface area (Å²) in [6.45, 7) is 6.37. The van der Waals surface area contributed by atoms with Crippen molar-refractivity contribution in [2.24, 2.45) is 5.92 Å². The molecular weight excluding hydrogens is 228 g/mol. The summed E-state index contributed by atoms with van der Waals surface area (Å²) in [7, 11) is 0. The van der Waals surface area contributed by atoms with E-state index in [1.807, 2.05) is 18.3 Å². The second-order valence-electron chi connectivity index (χ2n) is 4.63. The average molecular weight is 250 g/mol. The summed E-state index contributed by atoms with van der Waals surface area (Å²) in [6, 6.07) is 3.94. The zero-order valence-electron chi connectivity index (χ0n) is 11.0. The Balaban J connectivity index is 1.80. The zero-order valence-corrected chi connectivity index (χ0v) is 11.0. The van der Waals surface area contributed by atoms with Gasteiger partial charge in [-0.3, -0.25) is 4.98 Å². The van der Waals surface area contributed by atoms with Crippen molar-refractivity contribution >= 4 is 0 Å². The molecule has 0 aliphatic carbocycles. The molecule has 1 N–H and O–H groups in total. The van der Waals surface area contributed by atoms with Gasteiger partial charge in [0.05, 0.1) is 12.3 Å². The Bertz CT molecular complexity index is 351. The van der Waals surface area contributed by atoms with Gasteiger partial charge in [0.15, 0.2) is 0 Å². The third-order valence-corrected chi connectivity index (χ3v) is 3.17. The second-order valence-corrected chi connectivity index (χ2v) is 4.63. The third-order valence-electron chi connectivity index (χ3n) is 3.17. The molecule has 2 rings (SSSR count). The van der Waals surface area contributed by atoms with Crippen molar-refractivity contribution in [3.63, 3.8) is 0 Å². The van der Waals surface area contributed by atoms with E-state index in [9.17, 15) is 0 Å². The first kappa shape index (κ1) is 13.3. The van der Waals surface area contributed by atoms with Gasteiger partial charge >= 0.3 is 0 Å². The van der Waals surface area contributed by atoms with Crippen LogP contribution in [-0.4, -0.2) is 31.3 Å². The molecule has 1 aliphatic heterocycles. The molecule has 0 amide bonds. The summed E-state index contributed by atoms with van der Waals surface area (Å²) < 4.78 is 11.2. The molecule has 1 aromatic rings. The summed E-state index contributed by atoms with van der Waals surface area (Å²) in [6.07, 6.45) is 4.02. The van der Waals surface area contributed by atoms with Crippen LogP contribution in [0.4, 0.5) is 0 Å². The summed E-state index contributed by atoms with van der Waals surface area (Å²) in [5, 5.41) is 3.26. The first-order valence-electron chi connectivity index (χ1n) is 6.74. The van der Waals surface area contributed by atoms with E-state index in [2.05, 4.69) is 17.2 Å². The Kier molecular flexibility index (Phi) is 5.42. The molecule has 100 valence electrons. The van der Waals surface area contributed by atoms with E-state index in [4.69, 9.17) is 9.47 Å². The number of nitrogens with zero attached hydrogens (tertiary/aromatic N) is 1. The van der Waals surface area contributed by atoms with Gasteiger partial charge in [0, 0.05) is 32.0 Å². The van der Waals surface area contributed by atoms with Crippen LogP contribution in [0.5, 0.6) is 5.75 Å². The van der Waals surface area contributed by atoms with E-state index >= 15 is 0 Å². The number of ether oxygens (including phenoxy) is 2. The number of rotatable bonds is 6. The van der Waals surface area contributed by atoms with Crippen molar-refractivity contribution in [3.05, 3.63) is 24.0 Å².